The van der Waals surface area contributed by atoms with Crippen molar-refractivity contribution in [1.29, 1.82) is 0 Å². The van der Waals surface area contributed by atoms with Crippen molar-refractivity contribution in [2.24, 2.45) is 5.73 Å². The molecule has 0 spiro atoms. The number of fused-ring (bicyclic) bond motifs is 1. The predicted molar refractivity (Wildman–Crippen MR) is 153 cm³/mol. The number of halogens is 6. The van der Waals surface area contributed by atoms with Gasteiger partial charge in [0.25, 0.3) is 17.7 Å². The molecule has 2 rings (SSSR count). The molecule has 0 saturated carbocycles. The minimum atomic E-state index is -6.05. The van der Waals surface area contributed by atoms with Gasteiger partial charge in [-0.3, -0.25) is 24.0 Å². The molecule has 0 unspecified atom stereocenters. The summed E-state index contributed by atoms with van der Waals surface area (Å²) in [7, 11) is 0. The van der Waals surface area contributed by atoms with Crippen LogP contribution in [0.25, 0.3) is 0 Å². The van der Waals surface area contributed by atoms with Crippen molar-refractivity contribution in [1.82, 2.24) is 21.3 Å². The Hall–Kier alpha value is -4.86. The summed E-state index contributed by atoms with van der Waals surface area (Å²) in [4.78, 5) is 74.1. The third-order valence-corrected chi connectivity index (χ3v) is 6.85. The first-order valence-electron chi connectivity index (χ1n) is 14.3. The molecule has 16 nitrogen and oxygen atoms in total. The zero-order chi connectivity index (χ0) is 37.3. The van der Waals surface area contributed by atoms with E-state index in [0.29, 0.717) is 6.92 Å². The number of nitrogens with two attached hydrogens (primary N) is 1. The monoisotopic (exact) mass is 716 g/mol. The van der Waals surface area contributed by atoms with Gasteiger partial charge in [-0.15, -0.1) is 0 Å². The van der Waals surface area contributed by atoms with Gasteiger partial charge >= 0.3 is 24.2 Å². The molecule has 1 aliphatic rings. The molecule has 4 atom stereocenters. The number of carboxylic acid groups (broad SMARTS) is 1. The number of ether oxygens (including phenoxy) is 2. The van der Waals surface area contributed by atoms with E-state index in [1.165, 1.54) is 6.92 Å². The lowest BCUT2D eigenvalue weighted by Crippen LogP contribution is -2.63. The van der Waals surface area contributed by atoms with Gasteiger partial charge in [0.2, 0.25) is 11.5 Å². The fourth-order valence-corrected chi connectivity index (χ4v) is 3.96. The molecule has 0 saturated heterocycles. The smallest absolute Gasteiger partial charge is 0.455 e. The van der Waals surface area contributed by atoms with Crippen LogP contribution in [0.15, 0.2) is 18.2 Å². The lowest BCUT2D eigenvalue weighted by molar-refractivity contribution is -0.278. The largest absolute Gasteiger partial charge is 0.486 e. The van der Waals surface area contributed by atoms with Gasteiger partial charge < -0.3 is 51.6 Å². The summed E-state index contributed by atoms with van der Waals surface area (Å²) in [5.74, 6) is -12.8. The van der Waals surface area contributed by atoms with Crippen molar-refractivity contribution < 1.29 is 74.8 Å². The highest BCUT2D eigenvalue weighted by Gasteiger charge is 2.58. The Kier molecular flexibility index (Phi) is 13.6. The van der Waals surface area contributed by atoms with Crippen molar-refractivity contribution >= 4 is 41.4 Å². The number of carboxylic acids is 1. The van der Waals surface area contributed by atoms with E-state index in [9.17, 15) is 60.2 Å². The molecular formula is C27H34F6N6O10. The summed E-state index contributed by atoms with van der Waals surface area (Å²) < 4.78 is 88.7. The van der Waals surface area contributed by atoms with Crippen LogP contribution in [0.3, 0.4) is 0 Å². The van der Waals surface area contributed by atoms with E-state index in [0.717, 1.165) is 28.4 Å². The van der Waals surface area contributed by atoms with Crippen molar-refractivity contribution in [3.63, 3.8) is 0 Å². The van der Waals surface area contributed by atoms with Gasteiger partial charge in [0.05, 0.1) is 18.8 Å². The summed E-state index contributed by atoms with van der Waals surface area (Å²) in [5.41, 5.74) is 1.84. The molecule has 1 aliphatic heterocycles. The number of nitrogens with zero attached hydrogens (tertiary/aromatic N) is 1. The van der Waals surface area contributed by atoms with E-state index in [1.54, 1.807) is 0 Å². The number of carbonyl (C=O) groups excluding carboxylic acids is 5. The molecule has 22 heteroatoms. The van der Waals surface area contributed by atoms with Gasteiger partial charge in [0.1, 0.15) is 36.4 Å². The van der Waals surface area contributed by atoms with Crippen molar-refractivity contribution in [2.75, 3.05) is 37.7 Å². The SMILES string of the molecule is C[C@H]1Oc2ccc(F)cc2N(CCOC(=O)NCCNC(=O)CC[C@H](N)C(=O)O)C(=O)[C@H]1NC(=O)[C@@](C)(O)C(=O)NCC(F)(F)C(F)(F)F. The van der Waals surface area contributed by atoms with Crippen LogP contribution in [0, 0.1) is 5.82 Å². The number of amides is 5. The van der Waals surface area contributed by atoms with E-state index in [2.05, 4.69) is 10.6 Å². The number of rotatable bonds is 15. The summed E-state index contributed by atoms with van der Waals surface area (Å²) in [6, 6.07) is -0.0174. The van der Waals surface area contributed by atoms with E-state index < -0.39 is 97.1 Å². The summed E-state index contributed by atoms with van der Waals surface area (Å²) in [6.07, 6.45) is -8.67. The Morgan fingerprint density at radius 1 is 1.06 bits per heavy atom. The minimum absolute atomic E-state index is 0.0728. The maximum atomic E-state index is 14.2. The Labute approximate surface area is 273 Å². The predicted octanol–water partition coefficient (Wildman–Crippen LogP) is -0.476. The number of alkyl halides is 5. The molecule has 0 aliphatic carbocycles. The standard InChI is InChI=1S/C27H34F6N6O10/c1-13-19(38-23(45)25(2,47)22(44)37-12-26(29,30)27(31,32)33)20(41)39(16-11-14(28)3-5-17(16)49-13)9-10-48-24(46)36-8-7-35-18(40)6-4-15(34)21(42)43/h3,5,11,13,15,19,47H,4,6-10,12,34H2,1-2H3,(H,35,40)(H,36,46)(H,37,44)(H,38,45)(H,42,43)/t13-,15+,19+,25+/m1/s1. The zero-order valence-corrected chi connectivity index (χ0v) is 25.9. The fourth-order valence-electron chi connectivity index (χ4n) is 3.96. The van der Waals surface area contributed by atoms with Gasteiger partial charge in [-0.25, -0.2) is 9.18 Å². The molecule has 1 heterocycles. The Bertz CT molecular complexity index is 1410. The molecule has 49 heavy (non-hydrogen) atoms. The highest BCUT2D eigenvalue weighted by Crippen LogP contribution is 2.35. The molecule has 0 fully saturated rings. The topological polar surface area (TPSA) is 239 Å². The molecule has 8 N–H and O–H groups in total. The van der Waals surface area contributed by atoms with Crippen LogP contribution in [0.2, 0.25) is 0 Å². The Morgan fingerprint density at radius 3 is 2.31 bits per heavy atom. The number of benzene rings is 1. The summed E-state index contributed by atoms with van der Waals surface area (Å²) >= 11 is 0. The molecule has 0 aromatic heterocycles. The second kappa shape index (κ2) is 16.5. The second-order valence-electron chi connectivity index (χ2n) is 10.7. The zero-order valence-electron chi connectivity index (χ0n) is 25.9. The molecule has 274 valence electrons. The van der Waals surface area contributed by atoms with Gasteiger partial charge in [-0.1, -0.05) is 0 Å². The minimum Gasteiger partial charge on any atom is -0.486 e. The Balaban J connectivity index is 2.05. The van der Waals surface area contributed by atoms with E-state index in [1.807, 2.05) is 5.32 Å². The highest BCUT2D eigenvalue weighted by molar-refractivity contribution is 6.10. The van der Waals surface area contributed by atoms with E-state index >= 15 is 0 Å². The van der Waals surface area contributed by atoms with Crippen LogP contribution in [0.5, 0.6) is 5.75 Å². The number of hydrogen-bond acceptors (Lipinski definition) is 10. The normalized spacial score (nSPS) is 18.1. The number of nitrogens with one attached hydrogen (secondary N) is 4. The maximum Gasteiger partial charge on any atom is 0.455 e. The lowest BCUT2D eigenvalue weighted by Gasteiger charge is -2.29. The first-order valence-corrected chi connectivity index (χ1v) is 14.3. The lowest BCUT2D eigenvalue weighted by atomic mass is 10.0. The van der Waals surface area contributed by atoms with Crippen molar-refractivity contribution in [3.8, 4) is 5.75 Å². The number of hydrogen-bond donors (Lipinski definition) is 7. The van der Waals surface area contributed by atoms with Gasteiger partial charge in [-0.05, 0) is 32.4 Å². The van der Waals surface area contributed by atoms with E-state index in [4.69, 9.17) is 20.3 Å². The summed E-state index contributed by atoms with van der Waals surface area (Å²) in [5, 5.41) is 27.0. The molecule has 1 aromatic rings. The number of carbonyl (C=O) groups is 6. The van der Waals surface area contributed by atoms with Crippen LogP contribution in [0.1, 0.15) is 26.7 Å². The van der Waals surface area contributed by atoms with Crippen LogP contribution >= 0.6 is 0 Å². The van der Waals surface area contributed by atoms with Crippen molar-refractivity contribution in [2.45, 2.75) is 62.6 Å². The first kappa shape index (κ1) is 40.3. The maximum absolute atomic E-state index is 14.2. The first-order chi connectivity index (χ1) is 22.6. The third kappa shape index (κ3) is 11.1. The van der Waals surface area contributed by atoms with Crippen molar-refractivity contribution in [3.05, 3.63) is 24.0 Å². The third-order valence-electron chi connectivity index (χ3n) is 6.85. The molecular weight excluding hydrogens is 682 g/mol. The molecule has 0 radical (unpaired) electrons. The molecule has 5 amide bonds. The molecule has 1 aromatic carbocycles. The van der Waals surface area contributed by atoms with Crippen LogP contribution in [-0.4, -0.2) is 115 Å². The van der Waals surface area contributed by atoms with Gasteiger partial charge in [0, 0.05) is 25.6 Å². The van der Waals surface area contributed by atoms with Gasteiger partial charge in [0.15, 0.2) is 0 Å². The second-order valence-corrected chi connectivity index (χ2v) is 10.7. The quantitative estimate of drug-likeness (QED) is 0.0696. The Morgan fingerprint density at radius 2 is 1.69 bits per heavy atom. The van der Waals surface area contributed by atoms with Crippen LogP contribution in [0.4, 0.5) is 36.8 Å². The average molecular weight is 717 g/mol. The van der Waals surface area contributed by atoms with Crippen LogP contribution < -0.4 is 36.6 Å². The number of anilines is 1. The number of aliphatic hydroxyl groups is 1. The summed E-state index contributed by atoms with van der Waals surface area (Å²) in [6.45, 7) is -1.82. The average Bonchev–Trinajstić information content (AvgIpc) is 3.09. The number of aliphatic carboxylic acids is 1. The van der Waals surface area contributed by atoms with Gasteiger partial charge in [-0.2, -0.15) is 22.0 Å². The van der Waals surface area contributed by atoms with Crippen LogP contribution in [-0.2, 0) is 28.7 Å². The highest BCUT2D eigenvalue weighted by atomic mass is 19.4. The molecule has 0 bridgehead atoms. The van der Waals surface area contributed by atoms with E-state index in [-0.39, 0.29) is 37.4 Å². The number of alkyl carbamates (subject to hydrolysis) is 1. The fraction of sp³-hybridized carbons (Fsp3) is 0.556.